The van der Waals surface area contributed by atoms with Gasteiger partial charge in [0.2, 0.25) is 5.91 Å². The Labute approximate surface area is 122 Å². The van der Waals surface area contributed by atoms with E-state index in [0.717, 1.165) is 24.9 Å². The molecule has 1 heterocycles. The van der Waals surface area contributed by atoms with Crippen molar-refractivity contribution < 1.29 is 18.3 Å². The molecular weight excluding hydrogens is 278 g/mol. The van der Waals surface area contributed by atoms with Crippen LogP contribution in [-0.4, -0.2) is 25.1 Å². The number of benzene rings is 1. The third-order valence-electron chi connectivity index (χ3n) is 3.58. The Morgan fingerprint density at radius 3 is 3.05 bits per heavy atom. The van der Waals surface area contributed by atoms with Gasteiger partial charge in [0.05, 0.1) is 0 Å². The number of nitrogens with one attached hydrogen (secondary N) is 2. The van der Waals surface area contributed by atoms with Crippen LogP contribution in [0.4, 0.5) is 8.78 Å². The highest BCUT2D eigenvalue weighted by Crippen LogP contribution is 2.18. The normalized spacial score (nSPS) is 22.1. The van der Waals surface area contributed by atoms with Crippen molar-refractivity contribution in [3.8, 4) is 5.75 Å². The number of rotatable bonds is 5. The van der Waals surface area contributed by atoms with E-state index in [1.165, 1.54) is 12.1 Å². The number of hydrogen-bond donors (Lipinski definition) is 2. The van der Waals surface area contributed by atoms with Crippen LogP contribution in [0.3, 0.4) is 0 Å². The van der Waals surface area contributed by atoms with Gasteiger partial charge in [-0.15, -0.1) is 0 Å². The zero-order valence-electron chi connectivity index (χ0n) is 11.9. The molecule has 0 unspecified atom stereocenters. The van der Waals surface area contributed by atoms with Gasteiger partial charge in [0, 0.05) is 18.5 Å². The van der Waals surface area contributed by atoms with Gasteiger partial charge in [-0.05, 0) is 44.0 Å². The van der Waals surface area contributed by atoms with Crippen molar-refractivity contribution in [2.75, 3.05) is 6.54 Å². The molecule has 0 aromatic heterocycles. The number of halogens is 2. The summed E-state index contributed by atoms with van der Waals surface area (Å²) in [5.74, 6) is 0.137. The fourth-order valence-electron chi connectivity index (χ4n) is 2.54. The molecule has 2 atom stereocenters. The Morgan fingerprint density at radius 1 is 1.52 bits per heavy atom. The molecule has 0 radical (unpaired) electrons. The van der Waals surface area contributed by atoms with E-state index in [9.17, 15) is 13.6 Å². The maximum atomic E-state index is 12.1. The molecule has 4 nitrogen and oxygen atoms in total. The molecule has 1 amide bonds. The largest absolute Gasteiger partial charge is 0.435 e. The van der Waals surface area contributed by atoms with Crippen LogP contribution in [0.25, 0.3) is 0 Å². The van der Waals surface area contributed by atoms with Gasteiger partial charge in [-0.2, -0.15) is 8.78 Å². The van der Waals surface area contributed by atoms with Gasteiger partial charge in [-0.25, -0.2) is 0 Å². The molecular formula is C15H20F2N2O2. The van der Waals surface area contributed by atoms with Crippen molar-refractivity contribution in [2.45, 2.75) is 39.0 Å². The standard InChI is InChI=1S/C15H20F2N2O2/c1-10-7-12(5-6-18-10)14(20)19-9-11-3-2-4-13(8-11)21-15(16)17/h2-4,8,10,12,15,18H,5-7,9H2,1H3,(H,19,20)/t10-,12-/m0/s1. The third kappa shape index (κ3) is 4.97. The Kier molecular flexibility index (Phi) is 5.50. The van der Waals surface area contributed by atoms with E-state index in [4.69, 9.17) is 0 Å². The van der Waals surface area contributed by atoms with Crippen LogP contribution in [-0.2, 0) is 11.3 Å². The van der Waals surface area contributed by atoms with E-state index in [0.29, 0.717) is 12.6 Å². The molecule has 0 aliphatic carbocycles. The summed E-state index contributed by atoms with van der Waals surface area (Å²) in [6, 6.07) is 6.72. The van der Waals surface area contributed by atoms with Crippen LogP contribution >= 0.6 is 0 Å². The van der Waals surface area contributed by atoms with Crippen molar-refractivity contribution in [2.24, 2.45) is 5.92 Å². The molecule has 1 fully saturated rings. The Morgan fingerprint density at radius 2 is 2.33 bits per heavy atom. The van der Waals surface area contributed by atoms with Gasteiger partial charge in [-0.3, -0.25) is 4.79 Å². The van der Waals surface area contributed by atoms with Crippen LogP contribution in [0.5, 0.6) is 5.75 Å². The van der Waals surface area contributed by atoms with Gasteiger partial charge in [-0.1, -0.05) is 12.1 Å². The van der Waals surface area contributed by atoms with Gasteiger partial charge in [0.1, 0.15) is 5.75 Å². The number of hydrogen-bond acceptors (Lipinski definition) is 3. The van der Waals surface area contributed by atoms with E-state index in [-0.39, 0.29) is 17.6 Å². The summed E-state index contributed by atoms with van der Waals surface area (Å²) in [6.45, 7) is 0.380. The fraction of sp³-hybridized carbons (Fsp3) is 0.533. The minimum atomic E-state index is -2.84. The van der Waals surface area contributed by atoms with Crippen molar-refractivity contribution >= 4 is 5.91 Å². The lowest BCUT2D eigenvalue weighted by molar-refractivity contribution is -0.126. The predicted octanol–water partition coefficient (Wildman–Crippen LogP) is 2.29. The average Bonchev–Trinajstić information content (AvgIpc) is 2.44. The SMILES string of the molecule is C[C@H]1C[C@@H](C(=O)NCc2cccc(OC(F)F)c2)CCN1. The van der Waals surface area contributed by atoms with E-state index >= 15 is 0 Å². The van der Waals surface area contributed by atoms with Crippen LogP contribution < -0.4 is 15.4 Å². The number of alkyl halides is 2. The molecule has 1 saturated heterocycles. The minimum absolute atomic E-state index is 0.0155. The summed E-state index contributed by atoms with van der Waals surface area (Å²) in [4.78, 5) is 12.1. The van der Waals surface area contributed by atoms with Crippen LogP contribution in [0.1, 0.15) is 25.3 Å². The Balaban J connectivity index is 1.86. The lowest BCUT2D eigenvalue weighted by Crippen LogP contribution is -2.42. The number of carbonyl (C=O) groups excluding carboxylic acids is 1. The summed E-state index contributed by atoms with van der Waals surface area (Å²) >= 11 is 0. The molecule has 116 valence electrons. The molecule has 1 aliphatic heterocycles. The van der Waals surface area contributed by atoms with Crippen molar-refractivity contribution in [1.29, 1.82) is 0 Å². The molecule has 1 aliphatic rings. The smallest absolute Gasteiger partial charge is 0.387 e. The highest BCUT2D eigenvalue weighted by atomic mass is 19.3. The Hall–Kier alpha value is -1.69. The maximum Gasteiger partial charge on any atom is 0.387 e. The summed E-state index contributed by atoms with van der Waals surface area (Å²) in [5, 5.41) is 6.16. The molecule has 0 bridgehead atoms. The zero-order valence-corrected chi connectivity index (χ0v) is 11.9. The van der Waals surface area contributed by atoms with E-state index < -0.39 is 6.61 Å². The van der Waals surface area contributed by atoms with Gasteiger partial charge < -0.3 is 15.4 Å². The molecule has 1 aromatic rings. The predicted molar refractivity (Wildman–Crippen MR) is 75.1 cm³/mol. The molecule has 0 saturated carbocycles. The lowest BCUT2D eigenvalue weighted by Gasteiger charge is -2.27. The zero-order chi connectivity index (χ0) is 15.2. The van der Waals surface area contributed by atoms with Crippen molar-refractivity contribution in [3.05, 3.63) is 29.8 Å². The average molecular weight is 298 g/mol. The second kappa shape index (κ2) is 7.36. The first-order valence-corrected chi connectivity index (χ1v) is 7.09. The first-order valence-electron chi connectivity index (χ1n) is 7.09. The highest BCUT2D eigenvalue weighted by molar-refractivity contribution is 5.78. The van der Waals surface area contributed by atoms with Crippen molar-refractivity contribution in [1.82, 2.24) is 10.6 Å². The monoisotopic (exact) mass is 298 g/mol. The van der Waals surface area contributed by atoms with Crippen LogP contribution in [0.15, 0.2) is 24.3 Å². The number of amides is 1. The van der Waals surface area contributed by atoms with E-state index in [1.807, 2.05) is 0 Å². The van der Waals surface area contributed by atoms with Gasteiger partial charge in [0.25, 0.3) is 0 Å². The summed E-state index contributed by atoms with van der Waals surface area (Å²) < 4.78 is 28.6. The Bertz CT molecular complexity index is 482. The van der Waals surface area contributed by atoms with Gasteiger partial charge in [0.15, 0.2) is 0 Å². The molecule has 1 aromatic carbocycles. The topological polar surface area (TPSA) is 50.4 Å². The molecule has 6 heteroatoms. The van der Waals surface area contributed by atoms with E-state index in [2.05, 4.69) is 22.3 Å². The quantitative estimate of drug-likeness (QED) is 0.877. The molecule has 2 rings (SSSR count). The minimum Gasteiger partial charge on any atom is -0.435 e. The number of carbonyl (C=O) groups is 1. The number of ether oxygens (including phenoxy) is 1. The maximum absolute atomic E-state index is 12.1. The van der Waals surface area contributed by atoms with Crippen LogP contribution in [0.2, 0.25) is 0 Å². The molecule has 2 N–H and O–H groups in total. The highest BCUT2D eigenvalue weighted by Gasteiger charge is 2.24. The molecule has 0 spiro atoms. The van der Waals surface area contributed by atoms with Crippen molar-refractivity contribution in [3.63, 3.8) is 0 Å². The van der Waals surface area contributed by atoms with Crippen LogP contribution in [0, 0.1) is 5.92 Å². The number of piperidine rings is 1. The third-order valence-corrected chi connectivity index (χ3v) is 3.58. The summed E-state index contributed by atoms with van der Waals surface area (Å²) in [5.41, 5.74) is 0.739. The second-order valence-corrected chi connectivity index (χ2v) is 5.32. The first kappa shape index (κ1) is 15.7. The summed E-state index contributed by atoms with van der Waals surface area (Å²) in [6.07, 6.45) is 1.64. The molecule has 21 heavy (non-hydrogen) atoms. The van der Waals surface area contributed by atoms with Gasteiger partial charge >= 0.3 is 6.61 Å². The second-order valence-electron chi connectivity index (χ2n) is 5.32. The van der Waals surface area contributed by atoms with E-state index in [1.54, 1.807) is 12.1 Å². The first-order chi connectivity index (χ1) is 10.0. The summed E-state index contributed by atoms with van der Waals surface area (Å²) in [7, 11) is 0. The fourth-order valence-corrected chi connectivity index (χ4v) is 2.54. The lowest BCUT2D eigenvalue weighted by atomic mass is 9.92.